The number of methoxy groups -OCH3 is 1. The summed E-state index contributed by atoms with van der Waals surface area (Å²) in [5, 5.41) is 17.1. The van der Waals surface area contributed by atoms with Crippen molar-refractivity contribution in [1.82, 2.24) is 28.9 Å². The second-order valence-electron chi connectivity index (χ2n) is 23.4. The zero-order valence-corrected chi connectivity index (χ0v) is 47.3. The minimum atomic E-state index is -1.19. The van der Waals surface area contributed by atoms with Crippen LogP contribution >= 0.6 is 46.4 Å². The van der Waals surface area contributed by atoms with Crippen molar-refractivity contribution < 1.29 is 33.0 Å². The van der Waals surface area contributed by atoms with E-state index in [0.717, 1.165) is 103 Å². The number of aliphatic hydroxyl groups excluding tert-OH is 1. The lowest BCUT2D eigenvalue weighted by Crippen LogP contribution is -2.53. The zero-order valence-electron chi connectivity index (χ0n) is 44.3. The fourth-order valence-corrected chi connectivity index (χ4v) is 16.3. The number of aryl methyl sites for hydroxylation is 2. The van der Waals surface area contributed by atoms with Gasteiger partial charge in [-0.25, -0.2) is 23.5 Å². The normalized spacial score (nSPS) is 26.1. The Kier molecular flexibility index (Phi) is 14.1. The van der Waals surface area contributed by atoms with Crippen LogP contribution in [0.25, 0.3) is 22.1 Å². The number of carbonyl (C=O) groups is 3. The molecule has 8 atom stereocenters. The molecule has 8 aromatic rings. The number of hydrogen-bond acceptors (Lipinski definition) is 9. The minimum Gasteiger partial charge on any atom is -0.465 e. The molecule has 0 unspecified atom stereocenters. The molecule has 0 radical (unpaired) electrons. The van der Waals surface area contributed by atoms with Crippen molar-refractivity contribution in [2.45, 2.75) is 120 Å². The highest BCUT2D eigenvalue weighted by molar-refractivity contribution is 6.32. The molecule has 4 fully saturated rings. The van der Waals surface area contributed by atoms with Gasteiger partial charge in [-0.15, -0.1) is 0 Å². The van der Waals surface area contributed by atoms with Gasteiger partial charge in [0.05, 0.1) is 51.4 Å². The van der Waals surface area contributed by atoms with Gasteiger partial charge in [-0.2, -0.15) is 0 Å². The molecular weight excluding hydrogens is 1150 g/mol. The minimum absolute atomic E-state index is 0. The molecule has 2 spiro atoms. The van der Waals surface area contributed by atoms with Crippen LogP contribution in [0, 0.1) is 23.5 Å². The van der Waals surface area contributed by atoms with Gasteiger partial charge >= 0.3 is 5.97 Å². The van der Waals surface area contributed by atoms with Gasteiger partial charge in [-0.3, -0.25) is 19.4 Å². The molecule has 2 aromatic heterocycles. The van der Waals surface area contributed by atoms with Crippen LogP contribution in [0.15, 0.2) is 109 Å². The van der Waals surface area contributed by atoms with Gasteiger partial charge in [0.25, 0.3) is 0 Å². The number of carbonyl (C=O) groups excluding carboxylic acids is 3. The first-order valence-electron chi connectivity index (χ1n) is 28.1. The molecule has 2 amide bonds. The average molecular weight is 1220 g/mol. The number of nitrogens with zero attached hydrogens (tertiary/aromatic N) is 6. The van der Waals surface area contributed by atoms with E-state index in [0.29, 0.717) is 62.0 Å². The molecule has 16 rings (SSSR count). The van der Waals surface area contributed by atoms with E-state index < -0.39 is 40.5 Å². The number of aliphatic hydroxyl groups is 1. The maximum atomic E-state index is 16.2. The Morgan fingerprint density at radius 3 is 1.55 bits per heavy atom. The lowest BCUT2D eigenvalue weighted by atomic mass is 9.70. The highest BCUT2D eigenvalue weighted by Crippen LogP contribution is 2.67. The van der Waals surface area contributed by atoms with E-state index in [1.54, 1.807) is 60.7 Å². The molecule has 2 saturated heterocycles. The van der Waals surface area contributed by atoms with Crippen LogP contribution in [0.3, 0.4) is 0 Å². The van der Waals surface area contributed by atoms with Gasteiger partial charge in [0.2, 0.25) is 11.8 Å². The van der Waals surface area contributed by atoms with Gasteiger partial charge in [0.1, 0.15) is 34.4 Å². The van der Waals surface area contributed by atoms with E-state index in [1.807, 2.05) is 42.5 Å². The van der Waals surface area contributed by atoms with Gasteiger partial charge in [-0.05, 0) is 134 Å². The van der Waals surface area contributed by atoms with Crippen molar-refractivity contribution in [3.8, 4) is 0 Å². The molecule has 6 aliphatic heterocycles. The summed E-state index contributed by atoms with van der Waals surface area (Å²) in [5.41, 5.74) is 5.96. The van der Waals surface area contributed by atoms with Crippen LogP contribution in [0.1, 0.15) is 127 Å². The topological polar surface area (TPSA) is 147 Å². The summed E-state index contributed by atoms with van der Waals surface area (Å²) in [4.78, 5) is 56.2. The van der Waals surface area contributed by atoms with E-state index in [-0.39, 0.29) is 67.2 Å². The molecule has 8 heterocycles. The summed E-state index contributed by atoms with van der Waals surface area (Å²) in [5.74, 6) is -1.00. The molecule has 434 valence electrons. The third-order valence-electron chi connectivity index (χ3n) is 19.2. The fraction of sp³-hybridized carbons (Fsp3) is 0.369. The number of likely N-dealkylation sites (tertiary alicyclic amines) is 2. The van der Waals surface area contributed by atoms with Crippen molar-refractivity contribution in [2.24, 2.45) is 11.8 Å². The Bertz CT molecular complexity index is 4050. The number of nitrogens with one attached hydrogen (secondary N) is 2. The summed E-state index contributed by atoms with van der Waals surface area (Å²) in [7, 11) is 1.35. The Hall–Kier alpha value is -6.43. The Balaban J connectivity index is 0.000000153. The van der Waals surface area contributed by atoms with Crippen molar-refractivity contribution >= 4 is 97.6 Å². The van der Waals surface area contributed by atoms with E-state index in [1.165, 1.54) is 13.2 Å². The summed E-state index contributed by atoms with van der Waals surface area (Å²) < 4.78 is 41.7. The van der Waals surface area contributed by atoms with Crippen molar-refractivity contribution in [3.63, 3.8) is 0 Å². The van der Waals surface area contributed by atoms with Crippen molar-refractivity contribution in [3.05, 3.63) is 186 Å². The molecular formula is C65H62Cl4F2N8O5. The Morgan fingerprint density at radius 1 is 0.631 bits per heavy atom. The highest BCUT2D eigenvalue weighted by Gasteiger charge is 2.71. The van der Waals surface area contributed by atoms with Gasteiger partial charge in [-0.1, -0.05) is 104 Å². The van der Waals surface area contributed by atoms with E-state index in [9.17, 15) is 19.5 Å². The number of amides is 2. The standard InChI is InChI=1S/C32H27Cl2FN4O3.C31H27Cl2FN4O2.2CH4/c1-42-30(40)17-7-10-24-23(13-17)36-29-26-25(11-12-38(24)29)39(15-16-5-6-16)32(27(26)19-3-2-4-21(34)28(19)35)20-9-8-18(33)14-22(20)37-31(32)41;32-18-7-8-20-22(13-18)36-30(40)31(20)27(19-2-1-3-21(33)28(19)34)26-25(38(31)14-16-4-5-16)10-11-37-24-9-6-17(15-39)12-23(24)35-29(26)37;;/h2-4,7-10,13-14,16,25-27H,5-6,11-12,15H2,1H3,(H,37,41);1-3,6-9,12-13,16,25-27,39H,4-5,10-11,14-15H2,(H,36,40);2*1H4/t25-,26+,27-,32+;25-,26+,27-,31+;;/m00../s1. The Labute approximate surface area is 505 Å². The van der Waals surface area contributed by atoms with Crippen LogP contribution in [-0.2, 0) is 45.1 Å². The second-order valence-corrected chi connectivity index (χ2v) is 25.1. The van der Waals surface area contributed by atoms with E-state index >= 15 is 8.78 Å². The third kappa shape index (κ3) is 8.26. The number of aromatic nitrogens is 4. The summed E-state index contributed by atoms with van der Waals surface area (Å²) >= 11 is 25.6. The first-order valence-corrected chi connectivity index (χ1v) is 29.6. The van der Waals surface area contributed by atoms with Crippen molar-refractivity contribution in [2.75, 3.05) is 30.8 Å². The fourth-order valence-electron chi connectivity index (χ4n) is 15.6. The smallest absolute Gasteiger partial charge is 0.337 e. The van der Waals surface area contributed by atoms with Gasteiger partial charge < -0.3 is 29.6 Å². The Morgan fingerprint density at radius 2 is 1.10 bits per heavy atom. The number of imidazole rings is 2. The lowest BCUT2D eigenvalue weighted by Gasteiger charge is -2.40. The van der Waals surface area contributed by atoms with Gasteiger partial charge in [0.15, 0.2) is 0 Å². The monoisotopic (exact) mass is 1210 g/mol. The molecule has 0 bridgehead atoms. The molecule has 2 saturated carbocycles. The molecule has 6 aromatic carbocycles. The van der Waals surface area contributed by atoms with E-state index in [2.05, 4.69) is 29.6 Å². The molecule has 84 heavy (non-hydrogen) atoms. The summed E-state index contributed by atoms with van der Waals surface area (Å²) in [6.45, 7) is 2.83. The molecule has 19 heteroatoms. The first kappa shape index (κ1) is 56.7. The molecule has 13 nitrogen and oxygen atoms in total. The quantitative estimate of drug-likeness (QED) is 0.127. The van der Waals surface area contributed by atoms with Crippen molar-refractivity contribution in [1.29, 1.82) is 0 Å². The molecule has 8 aliphatic rings. The van der Waals surface area contributed by atoms with Crippen LogP contribution in [0.5, 0.6) is 0 Å². The number of fused-ring (bicyclic) bond motifs is 14. The van der Waals surface area contributed by atoms with Crippen LogP contribution in [-0.4, -0.2) is 84.1 Å². The van der Waals surface area contributed by atoms with E-state index in [4.69, 9.17) is 61.1 Å². The summed E-state index contributed by atoms with van der Waals surface area (Å²) in [6, 6.07) is 32.2. The number of halogens is 6. The predicted molar refractivity (Wildman–Crippen MR) is 323 cm³/mol. The number of esters is 1. The SMILES string of the molecule is C.C.COC(=O)c1ccc2c(c1)nc1n2CC[C@H]2[C@@H]1[C@H](c1cccc(Cl)c1F)[C@]1(C(=O)Nc3cc(Cl)ccc31)N2CC1CC1.O=C1Nc2cc(Cl)ccc2[C@@]12[C@@H](c1cccc(Cl)c1F)[C@@H]1c3nc4cc(CO)ccc4n3CC[C@@H]1N2CC1CC1. The number of benzene rings is 6. The molecule has 2 aliphatic carbocycles. The zero-order chi connectivity index (χ0) is 56.2. The van der Waals surface area contributed by atoms with Crippen LogP contribution in [0.4, 0.5) is 20.2 Å². The lowest BCUT2D eigenvalue weighted by molar-refractivity contribution is -0.128. The second kappa shape index (κ2) is 20.9. The first-order chi connectivity index (χ1) is 39.7. The third-order valence-corrected chi connectivity index (χ3v) is 20.2. The van der Waals surface area contributed by atoms with Gasteiger partial charge in [0, 0.05) is 94.5 Å². The largest absolute Gasteiger partial charge is 0.465 e. The number of ether oxygens (including phenoxy) is 1. The maximum absolute atomic E-state index is 16.2. The maximum Gasteiger partial charge on any atom is 0.337 e. The van der Waals surface area contributed by atoms with Crippen LogP contribution in [0.2, 0.25) is 20.1 Å². The number of rotatable bonds is 8. The average Bonchev–Trinajstić information content (AvgIpc) is 1.55. The highest BCUT2D eigenvalue weighted by atomic mass is 35.5. The van der Waals surface area contributed by atoms with Crippen LogP contribution < -0.4 is 10.6 Å². The molecule has 3 N–H and O–H groups in total. The number of hydrogen-bond donors (Lipinski definition) is 3. The number of anilines is 2. The summed E-state index contributed by atoms with van der Waals surface area (Å²) in [6.07, 6.45) is 6.00. The predicted octanol–water partition coefficient (Wildman–Crippen LogP) is 13.9.